The Labute approximate surface area is 85.5 Å². The van der Waals surface area contributed by atoms with E-state index < -0.39 is 17.7 Å². The molecule has 1 heterocycles. The number of hydrogen-bond donors (Lipinski definition) is 2. The van der Waals surface area contributed by atoms with Gasteiger partial charge >= 0.3 is 0 Å². The van der Waals surface area contributed by atoms with E-state index in [0.717, 1.165) is 6.07 Å². The summed E-state index contributed by atoms with van der Waals surface area (Å²) >= 11 is 0. The van der Waals surface area contributed by atoms with Crippen molar-refractivity contribution >= 4 is 0 Å². The van der Waals surface area contributed by atoms with Crippen molar-refractivity contribution in [3.8, 4) is 5.75 Å². The van der Waals surface area contributed by atoms with Crippen LogP contribution in [-0.4, -0.2) is 18.3 Å². The van der Waals surface area contributed by atoms with Gasteiger partial charge in [-0.05, 0) is 0 Å². The zero-order valence-electron chi connectivity index (χ0n) is 7.96. The van der Waals surface area contributed by atoms with Gasteiger partial charge in [0.05, 0.1) is 12.7 Å². The average molecular weight is 215 g/mol. The second-order valence-corrected chi connectivity index (χ2v) is 3.41. The Kier molecular flexibility index (Phi) is 2.58. The van der Waals surface area contributed by atoms with Gasteiger partial charge in [0, 0.05) is 30.2 Å². The maximum absolute atomic E-state index is 13.4. The van der Waals surface area contributed by atoms with Crippen molar-refractivity contribution in [2.75, 3.05) is 13.2 Å². The van der Waals surface area contributed by atoms with Crippen LogP contribution >= 0.6 is 0 Å². The molecule has 3 N–H and O–H groups in total. The maximum atomic E-state index is 13.4. The fourth-order valence-electron chi connectivity index (χ4n) is 1.80. The Balaban J connectivity index is 2.59. The van der Waals surface area contributed by atoms with Gasteiger partial charge in [0.15, 0.2) is 11.6 Å². The first-order valence-electron chi connectivity index (χ1n) is 4.67. The van der Waals surface area contributed by atoms with Gasteiger partial charge in [-0.15, -0.1) is 0 Å². The third-order valence-corrected chi connectivity index (χ3v) is 2.48. The summed E-state index contributed by atoms with van der Waals surface area (Å²) in [5.74, 6) is -1.46. The van der Waals surface area contributed by atoms with Gasteiger partial charge in [-0.1, -0.05) is 0 Å². The van der Waals surface area contributed by atoms with Gasteiger partial charge in [-0.3, -0.25) is 0 Å². The number of benzene rings is 1. The monoisotopic (exact) mass is 215 g/mol. The minimum atomic E-state index is -1.11. The van der Waals surface area contributed by atoms with E-state index in [0.29, 0.717) is 18.6 Å². The predicted molar refractivity (Wildman–Crippen MR) is 49.6 cm³/mol. The molecule has 3 nitrogen and oxygen atoms in total. The van der Waals surface area contributed by atoms with Crippen LogP contribution in [0, 0.1) is 11.6 Å². The van der Waals surface area contributed by atoms with E-state index in [1.165, 1.54) is 0 Å². The van der Waals surface area contributed by atoms with Gasteiger partial charge < -0.3 is 15.6 Å². The Bertz CT molecular complexity index is 395. The standard InChI is InChI=1S/C10H11F2NO2/c11-6-3-7(12)10-5(1-2-15-10)9(6)8(14)4-13/h3,8,14H,1-2,4,13H2. The lowest BCUT2D eigenvalue weighted by molar-refractivity contribution is 0.180. The molecule has 0 radical (unpaired) electrons. The summed E-state index contributed by atoms with van der Waals surface area (Å²) in [5, 5.41) is 9.52. The molecule has 0 spiro atoms. The summed E-state index contributed by atoms with van der Waals surface area (Å²) in [4.78, 5) is 0. The van der Waals surface area contributed by atoms with Crippen molar-refractivity contribution in [1.82, 2.24) is 0 Å². The zero-order valence-corrected chi connectivity index (χ0v) is 7.96. The lowest BCUT2D eigenvalue weighted by Crippen LogP contribution is -2.15. The van der Waals surface area contributed by atoms with Crippen LogP contribution in [0.2, 0.25) is 0 Å². The predicted octanol–water partition coefficient (Wildman–Crippen LogP) is 0.892. The molecule has 1 aromatic carbocycles. The highest BCUT2D eigenvalue weighted by atomic mass is 19.1. The summed E-state index contributed by atoms with van der Waals surface area (Å²) in [6.07, 6.45) is -0.711. The van der Waals surface area contributed by atoms with E-state index in [1.54, 1.807) is 0 Å². The summed E-state index contributed by atoms with van der Waals surface area (Å²) < 4.78 is 31.7. The Morgan fingerprint density at radius 2 is 2.20 bits per heavy atom. The van der Waals surface area contributed by atoms with Crippen LogP contribution in [0.4, 0.5) is 8.78 Å². The van der Waals surface area contributed by atoms with Crippen LogP contribution in [0.3, 0.4) is 0 Å². The van der Waals surface area contributed by atoms with E-state index in [-0.39, 0.29) is 17.9 Å². The third-order valence-electron chi connectivity index (χ3n) is 2.48. The average Bonchev–Trinajstić information content (AvgIpc) is 2.66. The topological polar surface area (TPSA) is 55.5 Å². The van der Waals surface area contributed by atoms with Crippen molar-refractivity contribution in [3.63, 3.8) is 0 Å². The largest absolute Gasteiger partial charge is 0.490 e. The van der Waals surface area contributed by atoms with Crippen LogP contribution in [0.1, 0.15) is 17.2 Å². The molecule has 1 aromatic rings. The molecule has 0 saturated carbocycles. The number of nitrogens with two attached hydrogens (primary N) is 1. The summed E-state index contributed by atoms with van der Waals surface area (Å²) in [6.45, 7) is 0.203. The van der Waals surface area contributed by atoms with E-state index in [1.807, 2.05) is 0 Å². The van der Waals surface area contributed by atoms with Crippen LogP contribution in [0.5, 0.6) is 5.75 Å². The summed E-state index contributed by atoms with van der Waals surface area (Å²) in [6, 6.07) is 0.721. The van der Waals surface area contributed by atoms with E-state index in [2.05, 4.69) is 0 Å². The molecule has 2 rings (SSSR count). The SMILES string of the molecule is NCC(O)c1c(F)cc(F)c2c1CCO2. The van der Waals surface area contributed by atoms with E-state index >= 15 is 0 Å². The number of aliphatic hydroxyl groups excluding tert-OH is 1. The maximum Gasteiger partial charge on any atom is 0.168 e. The Morgan fingerprint density at radius 3 is 2.87 bits per heavy atom. The van der Waals surface area contributed by atoms with E-state index in [9.17, 15) is 13.9 Å². The number of halogens is 2. The van der Waals surface area contributed by atoms with Crippen molar-refractivity contribution < 1.29 is 18.6 Å². The highest BCUT2D eigenvalue weighted by molar-refractivity contribution is 5.45. The van der Waals surface area contributed by atoms with Gasteiger partial charge in [0.2, 0.25) is 0 Å². The first-order valence-corrected chi connectivity index (χ1v) is 4.67. The quantitative estimate of drug-likeness (QED) is 0.770. The molecule has 1 aliphatic heterocycles. The molecule has 15 heavy (non-hydrogen) atoms. The van der Waals surface area contributed by atoms with Crippen LogP contribution in [0.15, 0.2) is 6.07 Å². The fourth-order valence-corrected chi connectivity index (χ4v) is 1.80. The minimum absolute atomic E-state index is 0.0406. The fraction of sp³-hybridized carbons (Fsp3) is 0.400. The molecule has 0 amide bonds. The third kappa shape index (κ3) is 1.57. The van der Waals surface area contributed by atoms with Gasteiger partial charge in [0.25, 0.3) is 0 Å². The molecule has 1 atom stereocenters. The zero-order chi connectivity index (χ0) is 11.0. The number of rotatable bonds is 2. The highest BCUT2D eigenvalue weighted by Gasteiger charge is 2.27. The Morgan fingerprint density at radius 1 is 1.47 bits per heavy atom. The van der Waals surface area contributed by atoms with Crippen molar-refractivity contribution in [1.29, 1.82) is 0 Å². The number of aliphatic hydroxyl groups is 1. The van der Waals surface area contributed by atoms with Crippen molar-refractivity contribution in [3.05, 3.63) is 28.8 Å². The van der Waals surface area contributed by atoms with Crippen LogP contribution < -0.4 is 10.5 Å². The molecule has 0 saturated heterocycles. The first kappa shape index (κ1) is 10.3. The second-order valence-electron chi connectivity index (χ2n) is 3.41. The van der Waals surface area contributed by atoms with Gasteiger partial charge in [-0.2, -0.15) is 0 Å². The van der Waals surface area contributed by atoms with Crippen molar-refractivity contribution in [2.24, 2.45) is 5.73 Å². The minimum Gasteiger partial charge on any atom is -0.490 e. The van der Waals surface area contributed by atoms with E-state index in [4.69, 9.17) is 10.5 Å². The molecular weight excluding hydrogens is 204 g/mol. The molecule has 0 aromatic heterocycles. The lowest BCUT2D eigenvalue weighted by Gasteiger charge is -2.13. The molecule has 5 heteroatoms. The molecule has 82 valence electrons. The number of ether oxygens (including phenoxy) is 1. The summed E-state index contributed by atoms with van der Waals surface area (Å²) in [5.41, 5.74) is 5.71. The number of fused-ring (bicyclic) bond motifs is 1. The highest BCUT2D eigenvalue weighted by Crippen LogP contribution is 2.35. The smallest absolute Gasteiger partial charge is 0.168 e. The molecular formula is C10H11F2NO2. The second kappa shape index (κ2) is 3.75. The Hall–Kier alpha value is -1.20. The van der Waals surface area contributed by atoms with Crippen LogP contribution in [-0.2, 0) is 6.42 Å². The lowest BCUT2D eigenvalue weighted by atomic mass is 9.99. The van der Waals surface area contributed by atoms with Crippen LogP contribution in [0.25, 0.3) is 0 Å². The first-order chi connectivity index (χ1) is 7.15. The molecule has 0 fully saturated rings. The normalized spacial score (nSPS) is 16.0. The molecule has 1 unspecified atom stereocenters. The number of hydrogen-bond acceptors (Lipinski definition) is 3. The van der Waals surface area contributed by atoms with Gasteiger partial charge in [0.1, 0.15) is 5.82 Å². The molecule has 0 aliphatic carbocycles. The van der Waals surface area contributed by atoms with Crippen molar-refractivity contribution in [2.45, 2.75) is 12.5 Å². The summed E-state index contributed by atoms with van der Waals surface area (Å²) in [7, 11) is 0. The van der Waals surface area contributed by atoms with Gasteiger partial charge in [-0.25, -0.2) is 8.78 Å². The molecule has 0 bridgehead atoms. The molecule has 1 aliphatic rings.